The number of benzene rings is 1. The van der Waals surface area contributed by atoms with Crippen LogP contribution >= 0.6 is 0 Å². The molecule has 0 spiro atoms. The Morgan fingerprint density at radius 3 is 2.73 bits per heavy atom. The third-order valence-corrected chi connectivity index (χ3v) is 1.41. The number of rotatable bonds is 2. The number of hydrogen-bond acceptors (Lipinski definition) is 2. The first-order valence-corrected chi connectivity index (χ1v) is 3.43. The molecule has 0 saturated heterocycles. The van der Waals surface area contributed by atoms with Gasteiger partial charge in [0.2, 0.25) is 0 Å². The lowest BCUT2D eigenvalue weighted by Crippen LogP contribution is -1.89. The van der Waals surface area contributed by atoms with E-state index in [-0.39, 0.29) is 0 Å². The summed E-state index contributed by atoms with van der Waals surface area (Å²) >= 11 is 0. The predicted octanol–water partition coefficient (Wildman–Crippen LogP) is 1.74. The largest absolute Gasteiger partial charge is 0.496 e. The number of hydrogen-bond donors (Lipinski definition) is 0. The van der Waals surface area contributed by atoms with E-state index in [0.29, 0.717) is 0 Å². The molecular formula is C9H11NO. The SMILES string of the molecule is CN=Cc1ccccc1OC. The van der Waals surface area contributed by atoms with Gasteiger partial charge in [-0.1, -0.05) is 12.1 Å². The van der Waals surface area contributed by atoms with Gasteiger partial charge in [0.25, 0.3) is 0 Å². The molecule has 0 saturated carbocycles. The Hall–Kier alpha value is -1.31. The molecule has 2 nitrogen and oxygen atoms in total. The minimum atomic E-state index is 0.859. The first kappa shape index (κ1) is 7.79. The summed E-state index contributed by atoms with van der Waals surface area (Å²) in [6.07, 6.45) is 1.78. The molecule has 0 bridgehead atoms. The quantitative estimate of drug-likeness (QED) is 0.587. The molecule has 1 aromatic carbocycles. The molecule has 0 aromatic heterocycles. The molecule has 0 atom stereocenters. The second-order valence-electron chi connectivity index (χ2n) is 2.13. The summed E-state index contributed by atoms with van der Waals surface area (Å²) in [7, 11) is 3.40. The maximum absolute atomic E-state index is 5.11. The summed E-state index contributed by atoms with van der Waals surface area (Å²) in [5, 5.41) is 0. The van der Waals surface area contributed by atoms with Gasteiger partial charge < -0.3 is 4.74 Å². The molecule has 0 aliphatic carbocycles. The minimum absolute atomic E-state index is 0.859. The molecule has 0 aliphatic heterocycles. The Kier molecular flexibility index (Phi) is 2.66. The van der Waals surface area contributed by atoms with Crippen LogP contribution in [0.1, 0.15) is 5.56 Å². The number of methoxy groups -OCH3 is 1. The van der Waals surface area contributed by atoms with E-state index in [1.54, 1.807) is 20.4 Å². The van der Waals surface area contributed by atoms with Crippen molar-refractivity contribution in [3.63, 3.8) is 0 Å². The molecule has 58 valence electrons. The van der Waals surface area contributed by atoms with E-state index in [2.05, 4.69) is 4.99 Å². The van der Waals surface area contributed by atoms with Crippen molar-refractivity contribution in [1.82, 2.24) is 0 Å². The van der Waals surface area contributed by atoms with Crippen molar-refractivity contribution < 1.29 is 4.74 Å². The summed E-state index contributed by atoms with van der Waals surface area (Å²) in [6.45, 7) is 0. The van der Waals surface area contributed by atoms with Crippen molar-refractivity contribution in [3.05, 3.63) is 29.8 Å². The van der Waals surface area contributed by atoms with Gasteiger partial charge in [-0.25, -0.2) is 0 Å². The van der Waals surface area contributed by atoms with Crippen molar-refractivity contribution in [2.75, 3.05) is 14.2 Å². The monoisotopic (exact) mass is 149 g/mol. The highest BCUT2D eigenvalue weighted by Gasteiger charge is 1.95. The molecular weight excluding hydrogens is 138 g/mol. The van der Waals surface area contributed by atoms with E-state index < -0.39 is 0 Å². The zero-order valence-corrected chi connectivity index (χ0v) is 6.74. The topological polar surface area (TPSA) is 21.6 Å². The molecule has 2 heteroatoms. The van der Waals surface area contributed by atoms with Gasteiger partial charge in [0, 0.05) is 18.8 Å². The van der Waals surface area contributed by atoms with E-state index in [9.17, 15) is 0 Å². The van der Waals surface area contributed by atoms with Gasteiger partial charge in [0.15, 0.2) is 0 Å². The molecule has 11 heavy (non-hydrogen) atoms. The summed E-state index contributed by atoms with van der Waals surface area (Å²) in [4.78, 5) is 3.91. The summed E-state index contributed by atoms with van der Waals surface area (Å²) < 4.78 is 5.11. The Morgan fingerprint density at radius 2 is 2.09 bits per heavy atom. The highest BCUT2D eigenvalue weighted by molar-refractivity contribution is 5.83. The minimum Gasteiger partial charge on any atom is -0.496 e. The predicted molar refractivity (Wildman–Crippen MR) is 46.5 cm³/mol. The lowest BCUT2D eigenvalue weighted by Gasteiger charge is -2.01. The van der Waals surface area contributed by atoms with Crippen LogP contribution in [0, 0.1) is 0 Å². The second kappa shape index (κ2) is 3.76. The molecule has 0 heterocycles. The first-order valence-electron chi connectivity index (χ1n) is 3.43. The van der Waals surface area contributed by atoms with Gasteiger partial charge in [-0.3, -0.25) is 4.99 Å². The Labute approximate surface area is 66.5 Å². The fraction of sp³-hybridized carbons (Fsp3) is 0.222. The standard InChI is InChI=1S/C9H11NO/c1-10-7-8-5-3-4-6-9(8)11-2/h3-7H,1-2H3. The van der Waals surface area contributed by atoms with Crippen molar-refractivity contribution in [2.45, 2.75) is 0 Å². The lowest BCUT2D eigenvalue weighted by atomic mass is 10.2. The molecule has 0 unspecified atom stereocenters. The summed E-state index contributed by atoms with van der Waals surface area (Å²) in [5.41, 5.74) is 1.01. The molecule has 1 rings (SSSR count). The smallest absolute Gasteiger partial charge is 0.127 e. The highest BCUT2D eigenvalue weighted by Crippen LogP contribution is 2.14. The van der Waals surface area contributed by atoms with E-state index in [1.807, 2.05) is 24.3 Å². The molecule has 0 amide bonds. The fourth-order valence-electron chi connectivity index (χ4n) is 0.912. The summed E-state index contributed by atoms with van der Waals surface area (Å²) in [5.74, 6) is 0.859. The van der Waals surface area contributed by atoms with Crippen LogP contribution in [-0.2, 0) is 0 Å². The maximum Gasteiger partial charge on any atom is 0.127 e. The third kappa shape index (κ3) is 1.80. The van der Waals surface area contributed by atoms with Gasteiger partial charge in [0.1, 0.15) is 5.75 Å². The van der Waals surface area contributed by atoms with Crippen LogP contribution in [-0.4, -0.2) is 20.4 Å². The zero-order valence-electron chi connectivity index (χ0n) is 6.74. The number of nitrogens with zero attached hydrogens (tertiary/aromatic N) is 1. The van der Waals surface area contributed by atoms with Crippen LogP contribution in [0.4, 0.5) is 0 Å². The van der Waals surface area contributed by atoms with Gasteiger partial charge in [-0.2, -0.15) is 0 Å². The maximum atomic E-state index is 5.11. The van der Waals surface area contributed by atoms with Gasteiger partial charge in [0.05, 0.1) is 7.11 Å². The molecule has 0 radical (unpaired) electrons. The lowest BCUT2D eigenvalue weighted by molar-refractivity contribution is 0.414. The van der Waals surface area contributed by atoms with Crippen LogP contribution in [0.5, 0.6) is 5.75 Å². The fourth-order valence-corrected chi connectivity index (χ4v) is 0.912. The average Bonchev–Trinajstić information content (AvgIpc) is 2.06. The van der Waals surface area contributed by atoms with Gasteiger partial charge in [-0.15, -0.1) is 0 Å². The molecule has 0 N–H and O–H groups in total. The Balaban J connectivity index is 3.02. The van der Waals surface area contributed by atoms with E-state index >= 15 is 0 Å². The van der Waals surface area contributed by atoms with Crippen molar-refractivity contribution >= 4 is 6.21 Å². The van der Waals surface area contributed by atoms with Crippen molar-refractivity contribution in [2.24, 2.45) is 4.99 Å². The number of aliphatic imine (C=N–C) groups is 1. The number of para-hydroxylation sites is 1. The van der Waals surface area contributed by atoms with E-state index in [1.165, 1.54) is 0 Å². The molecule has 1 aromatic rings. The Bertz CT molecular complexity index is 255. The van der Waals surface area contributed by atoms with Gasteiger partial charge >= 0.3 is 0 Å². The molecule has 0 fully saturated rings. The van der Waals surface area contributed by atoms with Crippen molar-refractivity contribution in [3.8, 4) is 5.75 Å². The van der Waals surface area contributed by atoms with Crippen LogP contribution in [0.3, 0.4) is 0 Å². The van der Waals surface area contributed by atoms with Crippen LogP contribution in [0.25, 0.3) is 0 Å². The third-order valence-electron chi connectivity index (χ3n) is 1.41. The zero-order chi connectivity index (χ0) is 8.10. The van der Waals surface area contributed by atoms with Crippen LogP contribution in [0.15, 0.2) is 29.3 Å². The van der Waals surface area contributed by atoms with E-state index in [4.69, 9.17) is 4.74 Å². The van der Waals surface area contributed by atoms with Crippen molar-refractivity contribution in [1.29, 1.82) is 0 Å². The first-order chi connectivity index (χ1) is 5.38. The Morgan fingerprint density at radius 1 is 1.36 bits per heavy atom. The van der Waals surface area contributed by atoms with Crippen LogP contribution < -0.4 is 4.74 Å². The number of ether oxygens (including phenoxy) is 1. The second-order valence-corrected chi connectivity index (χ2v) is 2.13. The normalized spacial score (nSPS) is 10.4. The average molecular weight is 149 g/mol. The highest BCUT2D eigenvalue weighted by atomic mass is 16.5. The summed E-state index contributed by atoms with van der Waals surface area (Å²) in [6, 6.07) is 7.77. The van der Waals surface area contributed by atoms with E-state index in [0.717, 1.165) is 11.3 Å². The van der Waals surface area contributed by atoms with Gasteiger partial charge in [-0.05, 0) is 12.1 Å². The van der Waals surface area contributed by atoms with Crippen LogP contribution in [0.2, 0.25) is 0 Å². The molecule has 0 aliphatic rings.